The predicted molar refractivity (Wildman–Crippen MR) is 264 cm³/mol. The number of primary amides is 2. The van der Waals surface area contributed by atoms with Gasteiger partial charge in [-0.25, -0.2) is 4.98 Å². The molecule has 4 aromatic rings. The molecule has 0 bridgehead atoms. The zero-order valence-corrected chi connectivity index (χ0v) is 41.1. The number of nitrogens with zero attached hydrogens (tertiary/aromatic N) is 2. The highest BCUT2D eigenvalue weighted by molar-refractivity contribution is 5.96. The van der Waals surface area contributed by atoms with Crippen molar-refractivity contribution in [3.05, 3.63) is 90.1 Å². The number of H-pyrrole nitrogens is 2. The van der Waals surface area contributed by atoms with Crippen molar-refractivity contribution in [3.63, 3.8) is 0 Å². The number of rotatable bonds is 28. The zero-order chi connectivity index (χ0) is 52.4. The number of nitrogens with one attached hydrogen (secondary N) is 8. The van der Waals surface area contributed by atoms with E-state index in [2.05, 4.69) is 46.9 Å². The fraction of sp³-hybridized carbons (Fsp3) is 0.469. The van der Waals surface area contributed by atoms with E-state index in [0.717, 1.165) is 16.5 Å². The molecule has 0 saturated heterocycles. The van der Waals surface area contributed by atoms with E-state index in [1.165, 1.54) is 31.4 Å². The molecule has 0 radical (unpaired) electrons. The van der Waals surface area contributed by atoms with Gasteiger partial charge in [0.2, 0.25) is 53.2 Å². The lowest BCUT2D eigenvalue weighted by Gasteiger charge is -2.32. The number of aromatic nitrogens is 3. The standard InChI is InChI=1S/C49H69N13O9/c1-27(2)20-36(43(52)65)59-46(68)37(21-30-12-8-7-9-13-30)61-47(69)39(23-32-25-53-26-56-32)58-41(64)18-19-54-48(70)42(28(3)4)62(6)49(71)29(5)57-45(67)38(60-44(66)34(50)16-17-40(51)63)22-31-24-55-35-15-11-10-14-33(31)35/h7-15,24-29,34,36-39,42,55H,16-23,50H2,1-6H3,(H2,51,63)(H2,52,65)(H,53,56)(H,54,70)(H,57,67)(H,58,64)(H,59,68)(H,60,66)(H,61,69)/t29-,34-,36-,37-,38-,39-,42-/m0/s1. The van der Waals surface area contributed by atoms with Gasteiger partial charge in [0.1, 0.15) is 36.3 Å². The minimum Gasteiger partial charge on any atom is -0.370 e. The third-order valence-corrected chi connectivity index (χ3v) is 11.7. The summed E-state index contributed by atoms with van der Waals surface area (Å²) in [7, 11) is 1.41. The average Bonchev–Trinajstić information content (AvgIpc) is 3.99. The first-order valence-electron chi connectivity index (χ1n) is 23.6. The van der Waals surface area contributed by atoms with Gasteiger partial charge in [0, 0.05) is 74.7 Å². The van der Waals surface area contributed by atoms with Crippen LogP contribution in [0.4, 0.5) is 0 Å². The molecule has 7 atom stereocenters. The molecular weight excluding hydrogens is 915 g/mol. The fourth-order valence-corrected chi connectivity index (χ4v) is 8.00. The van der Waals surface area contributed by atoms with Crippen molar-refractivity contribution in [3.8, 4) is 0 Å². The highest BCUT2D eigenvalue weighted by Gasteiger charge is 2.35. The molecule has 2 heterocycles. The van der Waals surface area contributed by atoms with Gasteiger partial charge in [-0.05, 0) is 48.8 Å². The molecule has 0 fully saturated rings. The van der Waals surface area contributed by atoms with Crippen molar-refractivity contribution < 1.29 is 43.2 Å². The molecule has 0 spiro atoms. The largest absolute Gasteiger partial charge is 0.370 e. The summed E-state index contributed by atoms with van der Waals surface area (Å²) in [5.41, 5.74) is 19.6. The monoisotopic (exact) mass is 984 g/mol. The molecule has 4 rings (SSSR count). The third-order valence-electron chi connectivity index (χ3n) is 11.7. The van der Waals surface area contributed by atoms with Gasteiger partial charge in [0.05, 0.1) is 12.4 Å². The van der Waals surface area contributed by atoms with Crippen molar-refractivity contribution in [2.45, 2.75) is 122 Å². The number of amides is 9. The van der Waals surface area contributed by atoms with Crippen LogP contribution in [-0.4, -0.2) is 129 Å². The highest BCUT2D eigenvalue weighted by atomic mass is 16.2. The summed E-state index contributed by atoms with van der Waals surface area (Å²) >= 11 is 0. The first kappa shape index (κ1) is 56.0. The van der Waals surface area contributed by atoms with Crippen molar-refractivity contribution in [1.82, 2.24) is 51.8 Å². The van der Waals surface area contributed by atoms with Gasteiger partial charge < -0.3 is 64.0 Å². The maximum Gasteiger partial charge on any atom is 0.245 e. The molecular formula is C49H69N13O9. The molecule has 22 nitrogen and oxygen atoms in total. The number of hydrogen-bond acceptors (Lipinski definition) is 11. The van der Waals surface area contributed by atoms with Gasteiger partial charge in [-0.3, -0.25) is 43.2 Å². The van der Waals surface area contributed by atoms with E-state index in [4.69, 9.17) is 17.2 Å². The molecule has 2 aromatic carbocycles. The molecule has 0 unspecified atom stereocenters. The molecule has 14 N–H and O–H groups in total. The highest BCUT2D eigenvalue weighted by Crippen LogP contribution is 2.20. The van der Waals surface area contributed by atoms with Crippen molar-refractivity contribution in [2.75, 3.05) is 13.6 Å². The second-order valence-corrected chi connectivity index (χ2v) is 18.4. The number of likely N-dealkylation sites (N-methyl/N-ethyl adjacent to an activating group) is 1. The average molecular weight is 984 g/mol. The van der Waals surface area contributed by atoms with Crippen LogP contribution in [0.1, 0.15) is 77.1 Å². The maximum atomic E-state index is 14.0. The number of imidazole rings is 1. The molecule has 22 heteroatoms. The Labute approximate surface area is 412 Å². The van der Waals surface area contributed by atoms with Gasteiger partial charge in [0.25, 0.3) is 0 Å². The Bertz CT molecular complexity index is 2460. The Morgan fingerprint density at radius 1 is 0.676 bits per heavy atom. The topological polar surface area (TPSA) is 352 Å². The van der Waals surface area contributed by atoms with Crippen LogP contribution < -0.4 is 49.1 Å². The summed E-state index contributed by atoms with van der Waals surface area (Å²) in [6, 6.07) is 8.35. The zero-order valence-electron chi connectivity index (χ0n) is 41.1. The Balaban J connectivity index is 1.41. The molecule has 0 aliphatic rings. The summed E-state index contributed by atoms with van der Waals surface area (Å²) in [6.45, 7) is 8.44. The van der Waals surface area contributed by atoms with Crippen molar-refractivity contribution in [1.29, 1.82) is 0 Å². The van der Waals surface area contributed by atoms with Gasteiger partial charge in [-0.1, -0.05) is 76.2 Å². The van der Waals surface area contributed by atoms with Crippen LogP contribution in [0.25, 0.3) is 10.9 Å². The second kappa shape index (κ2) is 27.0. The number of benzene rings is 2. The first-order valence-corrected chi connectivity index (χ1v) is 23.6. The van der Waals surface area contributed by atoms with Gasteiger partial charge >= 0.3 is 0 Å². The number of carbonyl (C=O) groups excluding carboxylic acids is 9. The van der Waals surface area contributed by atoms with Crippen LogP contribution >= 0.6 is 0 Å². The summed E-state index contributed by atoms with van der Waals surface area (Å²) < 4.78 is 0. The summed E-state index contributed by atoms with van der Waals surface area (Å²) in [4.78, 5) is 131. The van der Waals surface area contributed by atoms with Crippen molar-refractivity contribution in [2.24, 2.45) is 29.0 Å². The van der Waals surface area contributed by atoms with Gasteiger partial charge in [-0.15, -0.1) is 0 Å². The minimum atomic E-state index is -1.22. The normalized spacial score (nSPS) is 14.2. The Hall–Kier alpha value is -7.62. The Morgan fingerprint density at radius 3 is 1.90 bits per heavy atom. The van der Waals surface area contributed by atoms with E-state index in [9.17, 15) is 43.2 Å². The quantitative estimate of drug-likeness (QED) is 0.0344. The van der Waals surface area contributed by atoms with Crippen LogP contribution in [0.3, 0.4) is 0 Å². The molecule has 9 amide bonds. The minimum absolute atomic E-state index is 0.0172. The molecule has 384 valence electrons. The summed E-state index contributed by atoms with van der Waals surface area (Å²) in [6.07, 6.45) is 4.43. The van der Waals surface area contributed by atoms with Crippen LogP contribution in [0.15, 0.2) is 73.3 Å². The molecule has 0 saturated carbocycles. The SMILES string of the molecule is CC(C)C[C@H](NC(=O)[C@H](Cc1ccccc1)NC(=O)[C@H](Cc1cnc[nH]1)NC(=O)CCNC(=O)[C@H](C(C)C)N(C)C(=O)[C@H](C)NC(=O)[C@H](Cc1c[nH]c2ccccc12)NC(=O)[C@@H](N)CCC(N)=O)C(N)=O. The number of nitrogens with two attached hydrogens (primary N) is 3. The number of hydrogen-bond donors (Lipinski definition) is 11. The molecule has 0 aliphatic carbocycles. The van der Waals surface area contributed by atoms with Crippen molar-refractivity contribution >= 4 is 64.1 Å². The third kappa shape index (κ3) is 17.4. The van der Waals surface area contributed by atoms with Gasteiger partial charge in [-0.2, -0.15) is 0 Å². The maximum absolute atomic E-state index is 14.0. The van der Waals surface area contributed by atoms with Crippen LogP contribution in [0.5, 0.6) is 0 Å². The smallest absolute Gasteiger partial charge is 0.245 e. The van der Waals surface area contributed by atoms with E-state index in [1.807, 2.05) is 38.1 Å². The van der Waals surface area contributed by atoms with Crippen LogP contribution in [0.2, 0.25) is 0 Å². The lowest BCUT2D eigenvalue weighted by Crippen LogP contribution is -2.58. The summed E-state index contributed by atoms with van der Waals surface area (Å²) in [5, 5.41) is 16.9. The molecule has 0 aliphatic heterocycles. The number of para-hydroxylation sites is 1. The van der Waals surface area contributed by atoms with Crippen LogP contribution in [0, 0.1) is 11.8 Å². The summed E-state index contributed by atoms with van der Waals surface area (Å²) in [5.74, 6) is -6.37. The predicted octanol–water partition coefficient (Wildman–Crippen LogP) is -0.524. The lowest BCUT2D eigenvalue weighted by molar-refractivity contribution is -0.143. The molecule has 71 heavy (non-hydrogen) atoms. The fourth-order valence-electron chi connectivity index (χ4n) is 8.00. The van der Waals surface area contributed by atoms with E-state index in [1.54, 1.807) is 50.4 Å². The number of carbonyl (C=O) groups is 9. The van der Waals surface area contributed by atoms with Crippen LogP contribution in [-0.2, 0) is 62.4 Å². The molecule has 2 aromatic heterocycles. The Kier molecular flexibility index (Phi) is 21.2. The van der Waals surface area contributed by atoms with E-state index >= 15 is 0 Å². The van der Waals surface area contributed by atoms with E-state index in [0.29, 0.717) is 11.3 Å². The first-order chi connectivity index (χ1) is 33.6. The second-order valence-electron chi connectivity index (χ2n) is 18.4. The number of fused-ring (bicyclic) bond motifs is 1. The van der Waals surface area contributed by atoms with E-state index in [-0.39, 0.29) is 57.4 Å². The number of aromatic amines is 2. The Morgan fingerprint density at radius 2 is 1.28 bits per heavy atom. The van der Waals surface area contributed by atoms with E-state index < -0.39 is 101 Å². The van der Waals surface area contributed by atoms with Gasteiger partial charge in [0.15, 0.2) is 0 Å². The lowest BCUT2D eigenvalue weighted by atomic mass is 10.0.